The van der Waals surface area contributed by atoms with E-state index in [2.05, 4.69) is 0 Å². The largest absolute Gasteiger partial charge is 0.490 e. The molecule has 1 aromatic carbocycles. The van der Waals surface area contributed by atoms with Crippen LogP contribution < -0.4 is 4.74 Å². The number of hydrogen-bond acceptors (Lipinski definition) is 2. The molecule has 0 heterocycles. The molecule has 0 bridgehead atoms. The molecule has 16 heavy (non-hydrogen) atoms. The van der Waals surface area contributed by atoms with Gasteiger partial charge in [-0.25, -0.2) is 0 Å². The Labute approximate surface area is 101 Å². The van der Waals surface area contributed by atoms with Gasteiger partial charge in [0, 0.05) is 10.6 Å². The van der Waals surface area contributed by atoms with Crippen molar-refractivity contribution in [2.75, 3.05) is 0 Å². The molecule has 0 saturated heterocycles. The second-order valence-corrected chi connectivity index (χ2v) is 4.72. The number of benzene rings is 1. The van der Waals surface area contributed by atoms with Crippen LogP contribution in [0.1, 0.15) is 37.7 Å². The van der Waals surface area contributed by atoms with Crippen LogP contribution in [0.4, 0.5) is 0 Å². The summed E-state index contributed by atoms with van der Waals surface area (Å²) in [5, 5.41) is 9.87. The van der Waals surface area contributed by atoms with Gasteiger partial charge >= 0.3 is 0 Å². The smallest absolute Gasteiger partial charge is 0.125 e. The molecule has 2 nitrogen and oxygen atoms in total. The van der Waals surface area contributed by atoms with Gasteiger partial charge in [-0.1, -0.05) is 18.0 Å². The van der Waals surface area contributed by atoms with E-state index in [0.29, 0.717) is 11.1 Å². The van der Waals surface area contributed by atoms with E-state index in [1.54, 1.807) is 12.1 Å². The molecule has 1 aliphatic rings. The summed E-state index contributed by atoms with van der Waals surface area (Å²) >= 11 is 5.87. The van der Waals surface area contributed by atoms with E-state index in [4.69, 9.17) is 16.3 Å². The molecule has 88 valence electrons. The number of aliphatic hydroxyl groups is 1. The normalized spacial score (nSPS) is 17.4. The summed E-state index contributed by atoms with van der Waals surface area (Å²) in [6.45, 7) is -0.0252. The fourth-order valence-electron chi connectivity index (χ4n) is 2.15. The molecule has 0 aliphatic heterocycles. The van der Waals surface area contributed by atoms with Crippen LogP contribution in [0.3, 0.4) is 0 Å². The highest BCUT2D eigenvalue weighted by Crippen LogP contribution is 2.28. The first-order valence-electron chi connectivity index (χ1n) is 5.85. The van der Waals surface area contributed by atoms with Gasteiger partial charge in [-0.2, -0.15) is 0 Å². The highest BCUT2D eigenvalue weighted by molar-refractivity contribution is 6.30. The Hall–Kier alpha value is -0.730. The third-order valence-corrected chi connectivity index (χ3v) is 3.27. The van der Waals surface area contributed by atoms with Crippen molar-refractivity contribution in [1.82, 2.24) is 0 Å². The summed E-state index contributed by atoms with van der Waals surface area (Å²) in [7, 11) is 0. The Kier molecular flexibility index (Phi) is 4.08. The van der Waals surface area contributed by atoms with Crippen LogP contribution in [0.15, 0.2) is 18.2 Å². The Morgan fingerprint density at radius 3 is 2.69 bits per heavy atom. The Balaban J connectivity index is 2.07. The van der Waals surface area contributed by atoms with Crippen LogP contribution >= 0.6 is 11.6 Å². The van der Waals surface area contributed by atoms with Gasteiger partial charge in [0.1, 0.15) is 5.75 Å². The average Bonchev–Trinajstić information content (AvgIpc) is 2.33. The standard InChI is InChI=1S/C13H17ClO2/c14-11-6-7-13(10(8-11)9-15)16-12-4-2-1-3-5-12/h6-8,12,15H,1-5,9H2. The molecule has 1 N–H and O–H groups in total. The van der Waals surface area contributed by atoms with Crippen molar-refractivity contribution in [3.63, 3.8) is 0 Å². The number of hydrogen-bond donors (Lipinski definition) is 1. The molecule has 0 amide bonds. The third kappa shape index (κ3) is 2.89. The highest BCUT2D eigenvalue weighted by Gasteiger charge is 2.16. The van der Waals surface area contributed by atoms with Crippen LogP contribution in [0.25, 0.3) is 0 Å². The van der Waals surface area contributed by atoms with Crippen LogP contribution in [-0.4, -0.2) is 11.2 Å². The Morgan fingerprint density at radius 2 is 2.00 bits per heavy atom. The Bertz CT molecular complexity index is 346. The van der Waals surface area contributed by atoms with Crippen molar-refractivity contribution < 1.29 is 9.84 Å². The van der Waals surface area contributed by atoms with Gasteiger partial charge in [0.05, 0.1) is 12.7 Å². The predicted octanol–water partition coefficient (Wildman–Crippen LogP) is 3.54. The lowest BCUT2D eigenvalue weighted by molar-refractivity contribution is 0.150. The minimum absolute atomic E-state index is 0.0252. The fraction of sp³-hybridized carbons (Fsp3) is 0.538. The SMILES string of the molecule is OCc1cc(Cl)ccc1OC1CCCCC1. The zero-order chi connectivity index (χ0) is 11.4. The lowest BCUT2D eigenvalue weighted by Gasteiger charge is -2.24. The maximum Gasteiger partial charge on any atom is 0.125 e. The second kappa shape index (κ2) is 5.55. The maximum absolute atomic E-state index is 9.23. The Morgan fingerprint density at radius 1 is 1.25 bits per heavy atom. The molecule has 1 saturated carbocycles. The van der Waals surface area contributed by atoms with E-state index in [1.807, 2.05) is 6.07 Å². The lowest BCUT2D eigenvalue weighted by Crippen LogP contribution is -2.20. The molecule has 0 atom stereocenters. The highest BCUT2D eigenvalue weighted by atomic mass is 35.5. The van der Waals surface area contributed by atoms with Gasteiger partial charge in [-0.05, 0) is 43.9 Å². The first-order valence-corrected chi connectivity index (χ1v) is 6.23. The second-order valence-electron chi connectivity index (χ2n) is 4.29. The van der Waals surface area contributed by atoms with Gasteiger partial charge in [-0.3, -0.25) is 0 Å². The van der Waals surface area contributed by atoms with E-state index >= 15 is 0 Å². The van der Waals surface area contributed by atoms with Gasteiger partial charge in [0.2, 0.25) is 0 Å². The number of aliphatic hydroxyl groups excluding tert-OH is 1. The van der Waals surface area contributed by atoms with Crippen LogP contribution in [-0.2, 0) is 6.61 Å². The molecule has 0 spiro atoms. The third-order valence-electron chi connectivity index (χ3n) is 3.04. The molecule has 1 aromatic rings. The molecule has 2 rings (SSSR count). The van der Waals surface area contributed by atoms with E-state index in [0.717, 1.165) is 24.2 Å². The molecule has 3 heteroatoms. The minimum Gasteiger partial charge on any atom is -0.490 e. The molecular formula is C13H17ClO2. The molecule has 0 radical (unpaired) electrons. The molecule has 0 unspecified atom stereocenters. The van der Waals surface area contributed by atoms with Gasteiger partial charge in [0.25, 0.3) is 0 Å². The molecular weight excluding hydrogens is 224 g/mol. The van der Waals surface area contributed by atoms with Crippen molar-refractivity contribution in [3.8, 4) is 5.75 Å². The number of halogens is 1. The summed E-state index contributed by atoms with van der Waals surface area (Å²) in [6.07, 6.45) is 6.34. The summed E-state index contributed by atoms with van der Waals surface area (Å²) in [4.78, 5) is 0. The molecule has 1 fully saturated rings. The van der Waals surface area contributed by atoms with Crippen LogP contribution in [0.5, 0.6) is 5.75 Å². The van der Waals surface area contributed by atoms with Gasteiger partial charge in [-0.15, -0.1) is 0 Å². The van der Waals surface area contributed by atoms with E-state index in [1.165, 1.54) is 19.3 Å². The molecule has 0 aromatic heterocycles. The zero-order valence-electron chi connectivity index (χ0n) is 9.29. The van der Waals surface area contributed by atoms with Gasteiger partial charge in [0.15, 0.2) is 0 Å². The van der Waals surface area contributed by atoms with E-state index in [9.17, 15) is 5.11 Å². The van der Waals surface area contributed by atoms with Crippen LogP contribution in [0.2, 0.25) is 5.02 Å². The van der Waals surface area contributed by atoms with Crippen LogP contribution in [0, 0.1) is 0 Å². The summed E-state index contributed by atoms with van der Waals surface area (Å²) in [5.74, 6) is 0.777. The van der Waals surface area contributed by atoms with Crippen molar-refractivity contribution in [3.05, 3.63) is 28.8 Å². The van der Waals surface area contributed by atoms with Crippen molar-refractivity contribution in [1.29, 1.82) is 0 Å². The fourth-order valence-corrected chi connectivity index (χ4v) is 2.34. The zero-order valence-corrected chi connectivity index (χ0v) is 10.0. The predicted molar refractivity (Wildman–Crippen MR) is 64.9 cm³/mol. The summed E-state index contributed by atoms with van der Waals surface area (Å²) in [6, 6.07) is 5.42. The van der Waals surface area contributed by atoms with Crippen molar-refractivity contribution in [2.24, 2.45) is 0 Å². The quantitative estimate of drug-likeness (QED) is 0.876. The summed E-state index contributed by atoms with van der Waals surface area (Å²) in [5.41, 5.74) is 0.776. The topological polar surface area (TPSA) is 29.5 Å². The van der Waals surface area contributed by atoms with Crippen molar-refractivity contribution >= 4 is 11.6 Å². The number of ether oxygens (including phenoxy) is 1. The van der Waals surface area contributed by atoms with Gasteiger partial charge < -0.3 is 9.84 Å². The van der Waals surface area contributed by atoms with E-state index < -0.39 is 0 Å². The minimum atomic E-state index is -0.0252. The lowest BCUT2D eigenvalue weighted by atomic mass is 9.98. The first kappa shape index (κ1) is 11.7. The number of rotatable bonds is 3. The van der Waals surface area contributed by atoms with E-state index in [-0.39, 0.29) is 6.61 Å². The molecule has 1 aliphatic carbocycles. The summed E-state index contributed by atoms with van der Waals surface area (Å²) < 4.78 is 5.91. The first-order chi connectivity index (χ1) is 7.79. The van der Waals surface area contributed by atoms with Crippen molar-refractivity contribution in [2.45, 2.75) is 44.8 Å². The maximum atomic E-state index is 9.23. The average molecular weight is 241 g/mol. The monoisotopic (exact) mass is 240 g/mol.